The van der Waals surface area contributed by atoms with E-state index in [1.807, 2.05) is 0 Å². The Morgan fingerprint density at radius 1 is 1.17 bits per heavy atom. The Kier molecular flexibility index (Phi) is 3.84. The summed E-state index contributed by atoms with van der Waals surface area (Å²) < 4.78 is 34.3. The summed E-state index contributed by atoms with van der Waals surface area (Å²) in [6, 6.07) is 5.41. The second-order valence-electron chi connectivity index (χ2n) is 8.64. The van der Waals surface area contributed by atoms with E-state index < -0.39 is 23.0 Å². The molecule has 1 fully saturated rings. The molecule has 6 rings (SSSR count). The number of hydrogen-bond donors (Lipinski definition) is 1. The second-order valence-corrected chi connectivity index (χ2v) is 8.64. The summed E-state index contributed by atoms with van der Waals surface area (Å²) >= 11 is 0. The number of hydrogen-bond acceptors (Lipinski definition) is 6. The minimum absolute atomic E-state index is 0.146. The summed E-state index contributed by atoms with van der Waals surface area (Å²) in [6.45, 7) is 4.17. The van der Waals surface area contributed by atoms with Crippen LogP contribution in [0, 0.1) is 17.0 Å². The predicted molar refractivity (Wildman–Crippen MR) is 101 cm³/mol. The van der Waals surface area contributed by atoms with Crippen LogP contribution in [0.3, 0.4) is 0 Å². The molecule has 0 saturated heterocycles. The number of carbonyl (C=O) groups is 1. The van der Waals surface area contributed by atoms with Gasteiger partial charge in [-0.1, -0.05) is 19.9 Å². The highest BCUT2D eigenvalue weighted by molar-refractivity contribution is 5.87. The number of fused-ring (bicyclic) bond motifs is 2. The average molecular weight is 411 g/mol. The van der Waals surface area contributed by atoms with Gasteiger partial charge in [0.15, 0.2) is 0 Å². The molecule has 3 aromatic rings. The lowest BCUT2D eigenvalue weighted by Crippen LogP contribution is -2.52. The topological polar surface area (TPSA) is 108 Å². The maximum atomic E-state index is 14.3. The van der Waals surface area contributed by atoms with Crippen LogP contribution < -0.4 is 5.73 Å². The number of nitrogens with two attached hydrogens (primary N) is 1. The van der Waals surface area contributed by atoms with Crippen LogP contribution in [0.15, 0.2) is 28.7 Å². The van der Waals surface area contributed by atoms with Gasteiger partial charge in [0, 0.05) is 0 Å². The van der Waals surface area contributed by atoms with Crippen molar-refractivity contribution in [1.82, 2.24) is 20.4 Å². The van der Waals surface area contributed by atoms with Crippen LogP contribution in [0.2, 0.25) is 0 Å². The molecule has 3 aliphatic rings. The number of amides is 1. The molecule has 7 nitrogen and oxygen atoms in total. The molecule has 1 aromatic carbocycles. The predicted octanol–water partition coefficient (Wildman–Crippen LogP) is 3.50. The van der Waals surface area contributed by atoms with Crippen molar-refractivity contribution in [2.45, 2.75) is 44.4 Å². The van der Waals surface area contributed by atoms with Gasteiger partial charge in [-0.05, 0) is 54.4 Å². The Bertz CT molecular complexity index is 1170. The third-order valence-corrected chi connectivity index (χ3v) is 6.67. The van der Waals surface area contributed by atoms with Gasteiger partial charge in [0.1, 0.15) is 11.6 Å². The van der Waals surface area contributed by atoms with Gasteiger partial charge in [0.05, 0.1) is 22.4 Å². The van der Waals surface area contributed by atoms with E-state index in [0.717, 1.165) is 18.4 Å². The first-order valence-corrected chi connectivity index (χ1v) is 9.71. The van der Waals surface area contributed by atoms with Crippen LogP contribution >= 0.6 is 0 Å². The van der Waals surface area contributed by atoms with E-state index in [-0.39, 0.29) is 34.4 Å². The molecule has 154 valence electrons. The Morgan fingerprint density at radius 3 is 2.53 bits per heavy atom. The van der Waals surface area contributed by atoms with E-state index in [4.69, 9.17) is 10.2 Å². The Labute approximate surface area is 170 Å². The first kappa shape index (κ1) is 18.8. The first-order valence-electron chi connectivity index (χ1n) is 9.71. The average Bonchev–Trinajstić information content (AvgIpc) is 3.18. The third-order valence-electron chi connectivity index (χ3n) is 6.67. The molecular formula is C21H19F2N5O2. The van der Waals surface area contributed by atoms with Crippen LogP contribution in [-0.4, -0.2) is 26.3 Å². The summed E-state index contributed by atoms with van der Waals surface area (Å²) in [4.78, 5) is 11.5. The molecule has 2 heterocycles. The van der Waals surface area contributed by atoms with Gasteiger partial charge in [-0.25, -0.2) is 8.78 Å². The normalized spacial score (nSPS) is 23.9. The van der Waals surface area contributed by atoms with Crippen LogP contribution in [-0.2, 0) is 5.41 Å². The Morgan fingerprint density at radius 2 is 1.90 bits per heavy atom. The van der Waals surface area contributed by atoms with Crippen LogP contribution in [0.1, 0.15) is 66.9 Å². The highest BCUT2D eigenvalue weighted by Crippen LogP contribution is 2.63. The molecule has 1 amide bonds. The van der Waals surface area contributed by atoms with Gasteiger partial charge in [0.2, 0.25) is 5.89 Å². The molecule has 0 unspecified atom stereocenters. The van der Waals surface area contributed by atoms with E-state index >= 15 is 0 Å². The summed E-state index contributed by atoms with van der Waals surface area (Å²) in [5.41, 5.74) is 5.67. The molecule has 0 aliphatic heterocycles. The fourth-order valence-corrected chi connectivity index (χ4v) is 5.23. The zero-order chi connectivity index (χ0) is 21.3. The maximum absolute atomic E-state index is 14.3. The molecule has 2 bridgehead atoms. The van der Waals surface area contributed by atoms with Gasteiger partial charge in [-0.2, -0.15) is 5.10 Å². The summed E-state index contributed by atoms with van der Waals surface area (Å²) in [7, 11) is 0. The Balaban J connectivity index is 1.72. The number of carbonyl (C=O) groups excluding carboxylic acids is 1. The monoisotopic (exact) mass is 411 g/mol. The van der Waals surface area contributed by atoms with Crippen molar-refractivity contribution in [3.63, 3.8) is 0 Å². The summed E-state index contributed by atoms with van der Waals surface area (Å²) in [5, 5.41) is 16.5. The van der Waals surface area contributed by atoms with Crippen molar-refractivity contribution in [3.8, 4) is 11.3 Å². The van der Waals surface area contributed by atoms with Crippen molar-refractivity contribution < 1.29 is 18.0 Å². The number of primary amides is 1. The largest absolute Gasteiger partial charge is 0.416 e. The zero-order valence-electron chi connectivity index (χ0n) is 16.4. The fourth-order valence-electron chi connectivity index (χ4n) is 5.23. The summed E-state index contributed by atoms with van der Waals surface area (Å²) in [5.74, 6) is -2.02. The van der Waals surface area contributed by atoms with E-state index in [2.05, 4.69) is 34.2 Å². The van der Waals surface area contributed by atoms with Gasteiger partial charge in [-0.15, -0.1) is 15.3 Å². The van der Waals surface area contributed by atoms with Crippen LogP contribution in [0.25, 0.3) is 11.3 Å². The standard InChI is InChI=1S/C21H19F2N5O2/c1-20(2)9-10-6-7-21(20,19-28-27-18(30-19)17(24)29)16-11(10)8-14(25-26-16)15-12(22)4-3-5-13(15)23/h3-5,8,10H,6-7,9H2,1-2H3,(H2,24,29)/t10-,21-/m1/s1. The number of nitrogens with zero attached hydrogens (tertiary/aromatic N) is 4. The van der Waals surface area contributed by atoms with Crippen molar-refractivity contribution in [2.24, 2.45) is 11.1 Å². The highest BCUT2D eigenvalue weighted by atomic mass is 19.1. The lowest BCUT2D eigenvalue weighted by atomic mass is 9.48. The second kappa shape index (κ2) is 6.13. The van der Waals surface area contributed by atoms with Crippen molar-refractivity contribution in [2.75, 3.05) is 0 Å². The molecular weight excluding hydrogens is 392 g/mol. The zero-order valence-corrected chi connectivity index (χ0v) is 16.4. The molecule has 0 spiro atoms. The van der Waals surface area contributed by atoms with E-state index in [1.165, 1.54) is 18.2 Å². The van der Waals surface area contributed by atoms with Crippen molar-refractivity contribution >= 4 is 5.91 Å². The molecule has 3 aliphatic carbocycles. The van der Waals surface area contributed by atoms with E-state index in [0.29, 0.717) is 12.1 Å². The molecule has 9 heteroatoms. The van der Waals surface area contributed by atoms with Crippen LogP contribution in [0.5, 0.6) is 0 Å². The Hall–Kier alpha value is -3.23. The highest BCUT2D eigenvalue weighted by Gasteiger charge is 2.61. The molecule has 2 atom stereocenters. The summed E-state index contributed by atoms with van der Waals surface area (Å²) in [6.07, 6.45) is 2.29. The molecule has 1 saturated carbocycles. The first-order chi connectivity index (χ1) is 14.2. The number of benzene rings is 1. The maximum Gasteiger partial charge on any atom is 0.306 e. The number of aromatic nitrogens is 4. The minimum Gasteiger partial charge on any atom is -0.416 e. The van der Waals surface area contributed by atoms with Crippen molar-refractivity contribution in [3.05, 3.63) is 58.9 Å². The van der Waals surface area contributed by atoms with Gasteiger partial charge in [0.25, 0.3) is 0 Å². The molecule has 30 heavy (non-hydrogen) atoms. The quantitative estimate of drug-likeness (QED) is 0.707. The van der Waals surface area contributed by atoms with E-state index in [9.17, 15) is 13.6 Å². The van der Waals surface area contributed by atoms with E-state index in [1.54, 1.807) is 6.07 Å². The lowest BCUT2D eigenvalue weighted by molar-refractivity contribution is 0.0605. The SMILES string of the molecule is CC1(C)C[C@H]2CC[C@]1(c1nnc(C(N)=O)o1)c1nnc(-c3c(F)cccc3F)cc12. The lowest BCUT2D eigenvalue weighted by Gasteiger charge is -2.55. The minimum atomic E-state index is -0.802. The smallest absolute Gasteiger partial charge is 0.306 e. The van der Waals surface area contributed by atoms with Crippen molar-refractivity contribution in [1.29, 1.82) is 0 Å². The van der Waals surface area contributed by atoms with Gasteiger partial charge < -0.3 is 10.2 Å². The fraction of sp³-hybridized carbons (Fsp3) is 0.381. The number of halogens is 2. The molecule has 0 radical (unpaired) electrons. The van der Waals surface area contributed by atoms with Gasteiger partial charge in [-0.3, -0.25) is 4.79 Å². The van der Waals surface area contributed by atoms with Crippen LogP contribution in [0.4, 0.5) is 8.78 Å². The molecule has 2 aromatic heterocycles. The number of rotatable bonds is 3. The van der Waals surface area contributed by atoms with Gasteiger partial charge >= 0.3 is 11.8 Å². The third kappa shape index (κ3) is 2.37. The molecule has 2 N–H and O–H groups in total.